The highest BCUT2D eigenvalue weighted by molar-refractivity contribution is 6.43. The van der Waals surface area contributed by atoms with E-state index in [0.717, 1.165) is 11.3 Å². The van der Waals surface area contributed by atoms with Crippen LogP contribution < -0.4 is 5.32 Å². The Hall–Kier alpha value is -3.21. The van der Waals surface area contributed by atoms with Gasteiger partial charge in [0, 0.05) is 6.54 Å². The number of nitrogens with zero attached hydrogens (tertiary/aromatic N) is 2. The van der Waals surface area contributed by atoms with Crippen molar-refractivity contribution in [3.63, 3.8) is 0 Å². The van der Waals surface area contributed by atoms with Crippen molar-refractivity contribution in [2.24, 2.45) is 0 Å². The number of ketones is 1. The van der Waals surface area contributed by atoms with Gasteiger partial charge in [0.2, 0.25) is 0 Å². The van der Waals surface area contributed by atoms with Crippen LogP contribution in [0.1, 0.15) is 27.3 Å². The first-order valence-electron chi connectivity index (χ1n) is 8.56. The first-order chi connectivity index (χ1) is 12.6. The molecule has 1 heterocycles. The van der Waals surface area contributed by atoms with Crippen molar-refractivity contribution in [2.75, 3.05) is 6.54 Å². The number of carbonyl (C=O) groups is 2. The lowest BCUT2D eigenvalue weighted by Crippen LogP contribution is -2.33. The summed E-state index contributed by atoms with van der Waals surface area (Å²) in [5.41, 5.74) is 3.55. The number of benzene rings is 2. The molecule has 5 heteroatoms. The molecule has 26 heavy (non-hydrogen) atoms. The quantitative estimate of drug-likeness (QED) is 0.551. The summed E-state index contributed by atoms with van der Waals surface area (Å²) in [5.74, 6) is -1.14. The molecule has 0 bridgehead atoms. The minimum absolute atomic E-state index is 0.367. The Balaban J connectivity index is 1.71. The fourth-order valence-electron chi connectivity index (χ4n) is 2.95. The predicted molar refractivity (Wildman–Crippen MR) is 101 cm³/mol. The van der Waals surface area contributed by atoms with Crippen LogP contribution in [-0.4, -0.2) is 28.0 Å². The molecule has 0 aliphatic rings. The van der Waals surface area contributed by atoms with Crippen LogP contribution in [0.3, 0.4) is 0 Å². The third-order valence-electron chi connectivity index (χ3n) is 4.27. The third-order valence-corrected chi connectivity index (χ3v) is 4.27. The second-order valence-electron chi connectivity index (χ2n) is 6.11. The Morgan fingerprint density at radius 3 is 2.23 bits per heavy atom. The molecule has 0 aliphatic carbocycles. The average molecular weight is 347 g/mol. The Labute approximate surface area is 152 Å². The van der Waals surface area contributed by atoms with Gasteiger partial charge in [0.25, 0.3) is 11.7 Å². The number of para-hydroxylation sites is 1. The highest BCUT2D eigenvalue weighted by Gasteiger charge is 2.24. The van der Waals surface area contributed by atoms with Crippen molar-refractivity contribution in [3.05, 3.63) is 83.2 Å². The maximum atomic E-state index is 12.6. The predicted octanol–water partition coefficient (Wildman–Crippen LogP) is 3.03. The minimum atomic E-state index is -0.597. The Morgan fingerprint density at radius 1 is 0.962 bits per heavy atom. The van der Waals surface area contributed by atoms with Crippen LogP contribution in [0.2, 0.25) is 0 Å². The summed E-state index contributed by atoms with van der Waals surface area (Å²) in [6.07, 6.45) is 0.682. The number of aryl methyl sites for hydroxylation is 1. The van der Waals surface area contributed by atoms with Crippen LogP contribution in [0.4, 0.5) is 0 Å². The fourth-order valence-corrected chi connectivity index (χ4v) is 2.95. The topological polar surface area (TPSA) is 64.0 Å². The van der Waals surface area contributed by atoms with Gasteiger partial charge in [0.15, 0.2) is 0 Å². The minimum Gasteiger partial charge on any atom is -0.349 e. The van der Waals surface area contributed by atoms with Gasteiger partial charge in [0.05, 0.1) is 22.6 Å². The zero-order chi connectivity index (χ0) is 18.5. The van der Waals surface area contributed by atoms with E-state index in [4.69, 9.17) is 0 Å². The SMILES string of the molecule is Cc1nn(-c2ccccc2)c(C)c1C(=O)C(=O)NCCc1ccccc1. The summed E-state index contributed by atoms with van der Waals surface area (Å²) in [7, 11) is 0. The summed E-state index contributed by atoms with van der Waals surface area (Å²) >= 11 is 0. The van der Waals surface area contributed by atoms with E-state index >= 15 is 0 Å². The van der Waals surface area contributed by atoms with Gasteiger partial charge in [0.1, 0.15) is 0 Å². The molecule has 1 aromatic heterocycles. The second-order valence-corrected chi connectivity index (χ2v) is 6.11. The number of carbonyl (C=O) groups excluding carboxylic acids is 2. The molecule has 5 nitrogen and oxygen atoms in total. The van der Waals surface area contributed by atoms with Crippen LogP contribution in [-0.2, 0) is 11.2 Å². The molecule has 0 saturated heterocycles. The first kappa shape index (κ1) is 17.6. The summed E-state index contributed by atoms with van der Waals surface area (Å²) in [4.78, 5) is 24.9. The highest BCUT2D eigenvalue weighted by Crippen LogP contribution is 2.18. The van der Waals surface area contributed by atoms with Crippen LogP contribution in [0.25, 0.3) is 5.69 Å². The van der Waals surface area contributed by atoms with Crippen molar-refractivity contribution in [3.8, 4) is 5.69 Å². The number of aromatic nitrogens is 2. The molecule has 1 N–H and O–H groups in total. The fraction of sp³-hybridized carbons (Fsp3) is 0.190. The van der Waals surface area contributed by atoms with Gasteiger partial charge >= 0.3 is 0 Å². The molecule has 3 aromatic rings. The smallest absolute Gasteiger partial charge is 0.292 e. The van der Waals surface area contributed by atoms with Crippen molar-refractivity contribution in [1.82, 2.24) is 15.1 Å². The summed E-state index contributed by atoms with van der Waals surface area (Å²) < 4.78 is 1.69. The van der Waals surface area contributed by atoms with E-state index in [1.807, 2.05) is 60.7 Å². The molecule has 1 amide bonds. The number of amides is 1. The summed E-state index contributed by atoms with van der Waals surface area (Å²) in [6, 6.07) is 19.4. The van der Waals surface area contributed by atoms with Crippen LogP contribution in [0.15, 0.2) is 60.7 Å². The molecular weight excluding hydrogens is 326 g/mol. The van der Waals surface area contributed by atoms with Crippen LogP contribution in [0, 0.1) is 13.8 Å². The van der Waals surface area contributed by atoms with E-state index in [-0.39, 0.29) is 0 Å². The van der Waals surface area contributed by atoms with Gasteiger partial charge < -0.3 is 5.32 Å². The summed E-state index contributed by atoms with van der Waals surface area (Å²) in [5, 5.41) is 7.13. The number of hydrogen-bond donors (Lipinski definition) is 1. The maximum Gasteiger partial charge on any atom is 0.292 e. The molecule has 0 spiro atoms. The number of rotatable bonds is 6. The Morgan fingerprint density at radius 2 is 1.58 bits per heavy atom. The molecule has 0 radical (unpaired) electrons. The molecule has 132 valence electrons. The van der Waals surface area contributed by atoms with Crippen molar-refractivity contribution in [1.29, 1.82) is 0 Å². The van der Waals surface area contributed by atoms with E-state index in [1.54, 1.807) is 18.5 Å². The lowest BCUT2D eigenvalue weighted by Gasteiger charge is -2.06. The Bertz CT molecular complexity index is 915. The van der Waals surface area contributed by atoms with Gasteiger partial charge in [-0.15, -0.1) is 0 Å². The number of hydrogen-bond acceptors (Lipinski definition) is 3. The van der Waals surface area contributed by atoms with Gasteiger partial charge in [-0.2, -0.15) is 5.10 Å². The molecular formula is C21H21N3O2. The monoisotopic (exact) mass is 347 g/mol. The maximum absolute atomic E-state index is 12.6. The van der Waals surface area contributed by atoms with Crippen molar-refractivity contribution >= 4 is 11.7 Å². The van der Waals surface area contributed by atoms with Crippen molar-refractivity contribution in [2.45, 2.75) is 20.3 Å². The lowest BCUT2D eigenvalue weighted by atomic mass is 10.1. The van der Waals surface area contributed by atoms with Gasteiger partial charge in [-0.25, -0.2) is 4.68 Å². The standard InChI is InChI=1S/C21H21N3O2/c1-15-19(16(2)24(23-15)18-11-7-4-8-12-18)20(25)21(26)22-14-13-17-9-5-3-6-10-17/h3-12H,13-14H2,1-2H3,(H,22,26). The first-order valence-corrected chi connectivity index (χ1v) is 8.56. The molecule has 2 aromatic carbocycles. The normalized spacial score (nSPS) is 10.5. The summed E-state index contributed by atoms with van der Waals surface area (Å²) in [6.45, 7) is 3.97. The lowest BCUT2D eigenvalue weighted by molar-refractivity contribution is -0.116. The number of Topliss-reactive ketones (excluding diaryl/α,β-unsaturated/α-hetero) is 1. The highest BCUT2D eigenvalue weighted by atomic mass is 16.2. The molecule has 0 aliphatic heterocycles. The van der Waals surface area contributed by atoms with Gasteiger partial charge in [-0.3, -0.25) is 9.59 Å². The van der Waals surface area contributed by atoms with E-state index < -0.39 is 11.7 Å². The number of nitrogens with one attached hydrogen (secondary N) is 1. The van der Waals surface area contributed by atoms with E-state index in [9.17, 15) is 9.59 Å². The van der Waals surface area contributed by atoms with E-state index in [0.29, 0.717) is 29.9 Å². The van der Waals surface area contributed by atoms with E-state index in [2.05, 4.69) is 10.4 Å². The van der Waals surface area contributed by atoms with Gasteiger partial charge in [-0.1, -0.05) is 48.5 Å². The molecule has 0 saturated carbocycles. The van der Waals surface area contributed by atoms with E-state index in [1.165, 1.54) is 0 Å². The second kappa shape index (κ2) is 7.78. The average Bonchev–Trinajstić information content (AvgIpc) is 2.97. The molecule has 0 atom stereocenters. The molecule has 0 fully saturated rings. The van der Waals surface area contributed by atoms with Crippen LogP contribution in [0.5, 0.6) is 0 Å². The zero-order valence-corrected chi connectivity index (χ0v) is 14.9. The largest absolute Gasteiger partial charge is 0.349 e. The third kappa shape index (κ3) is 3.72. The zero-order valence-electron chi connectivity index (χ0n) is 14.9. The molecule has 3 rings (SSSR count). The Kier molecular flexibility index (Phi) is 5.27. The van der Waals surface area contributed by atoms with Crippen molar-refractivity contribution < 1.29 is 9.59 Å². The van der Waals surface area contributed by atoms with Crippen LogP contribution >= 0.6 is 0 Å². The molecule has 0 unspecified atom stereocenters. The van der Waals surface area contributed by atoms with Gasteiger partial charge in [-0.05, 0) is 38.0 Å².